The van der Waals surface area contributed by atoms with Gasteiger partial charge < -0.3 is 20.1 Å². The Balaban J connectivity index is 1.68. The summed E-state index contributed by atoms with van der Waals surface area (Å²) in [5, 5.41) is 6.94. The average molecular weight is 278 g/mol. The van der Waals surface area contributed by atoms with Crippen LogP contribution in [0.15, 0.2) is 24.3 Å². The molecule has 2 atom stereocenters. The van der Waals surface area contributed by atoms with Crippen LogP contribution in [0.5, 0.6) is 11.5 Å². The van der Waals surface area contributed by atoms with Crippen molar-refractivity contribution in [3.8, 4) is 11.5 Å². The first-order valence-corrected chi connectivity index (χ1v) is 7.47. The number of benzene rings is 1. The maximum absolute atomic E-state index is 5.92. The SMILES string of the molecule is CC(C)CNCC(C)NCC1COc2ccccc2O1. The minimum atomic E-state index is 0.0810. The van der Waals surface area contributed by atoms with Gasteiger partial charge in [0.15, 0.2) is 11.5 Å². The van der Waals surface area contributed by atoms with Crippen LogP contribution in [-0.2, 0) is 0 Å². The predicted molar refractivity (Wildman–Crippen MR) is 81.5 cm³/mol. The van der Waals surface area contributed by atoms with Gasteiger partial charge in [-0.2, -0.15) is 0 Å². The second-order valence-corrected chi connectivity index (χ2v) is 5.86. The smallest absolute Gasteiger partial charge is 0.161 e. The fourth-order valence-electron chi connectivity index (χ4n) is 2.16. The molecule has 1 aromatic carbocycles. The van der Waals surface area contributed by atoms with Crippen LogP contribution in [0.2, 0.25) is 0 Å². The Morgan fingerprint density at radius 2 is 1.90 bits per heavy atom. The first-order valence-electron chi connectivity index (χ1n) is 7.47. The van der Waals surface area contributed by atoms with Crippen LogP contribution in [0, 0.1) is 5.92 Å². The van der Waals surface area contributed by atoms with Gasteiger partial charge in [0.1, 0.15) is 12.7 Å². The zero-order valence-corrected chi connectivity index (χ0v) is 12.7. The van der Waals surface area contributed by atoms with Crippen molar-refractivity contribution in [2.24, 2.45) is 5.92 Å². The number of hydrogen-bond acceptors (Lipinski definition) is 4. The summed E-state index contributed by atoms with van der Waals surface area (Å²) in [6.45, 7) is 10.1. The van der Waals surface area contributed by atoms with Crippen LogP contribution in [0.25, 0.3) is 0 Å². The van der Waals surface area contributed by atoms with Crippen LogP contribution in [0.1, 0.15) is 20.8 Å². The summed E-state index contributed by atoms with van der Waals surface area (Å²) in [7, 11) is 0. The zero-order valence-electron chi connectivity index (χ0n) is 12.7. The largest absolute Gasteiger partial charge is 0.486 e. The lowest BCUT2D eigenvalue weighted by molar-refractivity contribution is 0.0885. The van der Waals surface area contributed by atoms with Gasteiger partial charge in [-0.25, -0.2) is 0 Å². The molecular formula is C16H26N2O2. The van der Waals surface area contributed by atoms with Crippen molar-refractivity contribution in [2.45, 2.75) is 32.9 Å². The highest BCUT2D eigenvalue weighted by molar-refractivity contribution is 5.40. The van der Waals surface area contributed by atoms with Gasteiger partial charge in [0.2, 0.25) is 0 Å². The Kier molecular flexibility index (Phi) is 5.68. The molecule has 0 saturated carbocycles. The van der Waals surface area contributed by atoms with Crippen LogP contribution >= 0.6 is 0 Å². The third-order valence-electron chi connectivity index (χ3n) is 3.26. The van der Waals surface area contributed by atoms with Crippen LogP contribution in [0.3, 0.4) is 0 Å². The number of hydrogen-bond donors (Lipinski definition) is 2. The van der Waals surface area contributed by atoms with Gasteiger partial charge in [-0.3, -0.25) is 0 Å². The van der Waals surface area contributed by atoms with Crippen molar-refractivity contribution in [3.63, 3.8) is 0 Å². The maximum atomic E-state index is 5.92. The van der Waals surface area contributed by atoms with Gasteiger partial charge in [-0.05, 0) is 31.5 Å². The molecule has 0 saturated heterocycles. The Labute approximate surface area is 121 Å². The number of rotatable bonds is 7. The van der Waals surface area contributed by atoms with Crippen molar-refractivity contribution >= 4 is 0 Å². The molecule has 1 aliphatic heterocycles. The second-order valence-electron chi connectivity index (χ2n) is 5.86. The Morgan fingerprint density at radius 1 is 1.15 bits per heavy atom. The summed E-state index contributed by atoms with van der Waals surface area (Å²) in [6.07, 6.45) is 0.0810. The van der Waals surface area contributed by atoms with Gasteiger partial charge in [-0.15, -0.1) is 0 Å². The Morgan fingerprint density at radius 3 is 2.65 bits per heavy atom. The summed E-state index contributed by atoms with van der Waals surface area (Å²) >= 11 is 0. The highest BCUT2D eigenvalue weighted by Gasteiger charge is 2.20. The fraction of sp³-hybridized carbons (Fsp3) is 0.625. The summed E-state index contributed by atoms with van der Waals surface area (Å²) in [6, 6.07) is 8.25. The second kappa shape index (κ2) is 7.50. The molecule has 1 heterocycles. The molecule has 2 N–H and O–H groups in total. The molecular weight excluding hydrogens is 252 g/mol. The van der Waals surface area contributed by atoms with E-state index in [-0.39, 0.29) is 6.10 Å². The van der Waals surface area contributed by atoms with Gasteiger partial charge in [-0.1, -0.05) is 26.0 Å². The van der Waals surface area contributed by atoms with E-state index in [0.717, 1.165) is 31.1 Å². The van der Waals surface area contributed by atoms with E-state index in [1.807, 2.05) is 24.3 Å². The standard InChI is InChI=1S/C16H26N2O2/c1-12(2)8-17-9-13(3)18-10-14-11-19-15-6-4-5-7-16(15)20-14/h4-7,12-14,17-18H,8-11H2,1-3H3. The highest BCUT2D eigenvalue weighted by atomic mass is 16.6. The van der Waals surface area contributed by atoms with Gasteiger partial charge in [0.05, 0.1) is 0 Å². The van der Waals surface area contributed by atoms with Crippen LogP contribution in [-0.4, -0.2) is 38.4 Å². The monoisotopic (exact) mass is 278 g/mol. The third kappa shape index (κ3) is 4.69. The summed E-state index contributed by atoms with van der Waals surface area (Å²) in [5.41, 5.74) is 0. The zero-order chi connectivity index (χ0) is 14.4. The lowest BCUT2D eigenvalue weighted by Gasteiger charge is -2.27. The molecule has 0 bridgehead atoms. The van der Waals surface area contributed by atoms with Gasteiger partial charge >= 0.3 is 0 Å². The number of nitrogens with one attached hydrogen (secondary N) is 2. The average Bonchev–Trinajstić information content (AvgIpc) is 2.44. The minimum absolute atomic E-state index is 0.0810. The molecule has 4 nitrogen and oxygen atoms in total. The van der Waals surface area contributed by atoms with Crippen molar-refractivity contribution < 1.29 is 9.47 Å². The Bertz CT molecular complexity index is 409. The van der Waals surface area contributed by atoms with Gasteiger partial charge in [0.25, 0.3) is 0 Å². The summed E-state index contributed by atoms with van der Waals surface area (Å²) < 4.78 is 11.6. The van der Waals surface area contributed by atoms with Crippen molar-refractivity contribution in [1.82, 2.24) is 10.6 Å². The van der Waals surface area contributed by atoms with E-state index in [9.17, 15) is 0 Å². The molecule has 112 valence electrons. The molecule has 0 radical (unpaired) electrons. The normalized spacial score (nSPS) is 19.1. The molecule has 0 amide bonds. The molecule has 1 aliphatic rings. The predicted octanol–water partition coefficient (Wildman–Crippen LogP) is 2.05. The first-order chi connectivity index (χ1) is 9.65. The van der Waals surface area contributed by atoms with E-state index in [1.54, 1.807) is 0 Å². The van der Waals surface area contributed by atoms with E-state index in [0.29, 0.717) is 18.6 Å². The minimum Gasteiger partial charge on any atom is -0.486 e. The van der Waals surface area contributed by atoms with Crippen molar-refractivity contribution in [3.05, 3.63) is 24.3 Å². The number of ether oxygens (including phenoxy) is 2. The molecule has 2 unspecified atom stereocenters. The van der Waals surface area contributed by atoms with E-state index in [1.165, 1.54) is 0 Å². The van der Waals surface area contributed by atoms with E-state index in [2.05, 4.69) is 31.4 Å². The molecule has 4 heteroatoms. The van der Waals surface area contributed by atoms with Crippen LogP contribution < -0.4 is 20.1 Å². The molecule has 0 spiro atoms. The van der Waals surface area contributed by atoms with Gasteiger partial charge in [0, 0.05) is 19.1 Å². The van der Waals surface area contributed by atoms with Crippen molar-refractivity contribution in [2.75, 3.05) is 26.2 Å². The summed E-state index contributed by atoms with van der Waals surface area (Å²) in [4.78, 5) is 0. The van der Waals surface area contributed by atoms with Crippen LogP contribution in [0.4, 0.5) is 0 Å². The van der Waals surface area contributed by atoms with E-state index >= 15 is 0 Å². The maximum Gasteiger partial charge on any atom is 0.161 e. The topological polar surface area (TPSA) is 42.5 Å². The number of fused-ring (bicyclic) bond motifs is 1. The van der Waals surface area contributed by atoms with E-state index < -0.39 is 0 Å². The summed E-state index contributed by atoms with van der Waals surface area (Å²) in [5.74, 6) is 2.38. The van der Waals surface area contributed by atoms with E-state index in [4.69, 9.17) is 9.47 Å². The lowest BCUT2D eigenvalue weighted by Crippen LogP contribution is -2.45. The third-order valence-corrected chi connectivity index (χ3v) is 3.26. The molecule has 0 aliphatic carbocycles. The first kappa shape index (κ1) is 15.1. The molecule has 0 aromatic heterocycles. The quantitative estimate of drug-likeness (QED) is 0.801. The molecule has 20 heavy (non-hydrogen) atoms. The number of para-hydroxylation sites is 2. The molecule has 2 rings (SSSR count). The molecule has 0 fully saturated rings. The highest BCUT2D eigenvalue weighted by Crippen LogP contribution is 2.30. The van der Waals surface area contributed by atoms with Crippen molar-refractivity contribution in [1.29, 1.82) is 0 Å². The fourth-order valence-corrected chi connectivity index (χ4v) is 2.16. The Hall–Kier alpha value is -1.26. The lowest BCUT2D eigenvalue weighted by atomic mass is 10.2. The molecule has 1 aromatic rings.